The Balaban J connectivity index is 1.61. The Morgan fingerprint density at radius 1 is 1.29 bits per heavy atom. The van der Waals surface area contributed by atoms with Gasteiger partial charge in [0.05, 0.1) is 12.8 Å². The minimum Gasteiger partial charge on any atom is -0.497 e. The molecule has 2 aromatic heterocycles. The van der Waals surface area contributed by atoms with Crippen LogP contribution < -0.4 is 4.74 Å². The summed E-state index contributed by atoms with van der Waals surface area (Å²) in [6.45, 7) is 4.72. The lowest BCUT2D eigenvalue weighted by Crippen LogP contribution is -2.39. The van der Waals surface area contributed by atoms with Gasteiger partial charge in [-0.2, -0.15) is 11.3 Å². The van der Waals surface area contributed by atoms with E-state index in [-0.39, 0.29) is 11.9 Å². The number of amides is 1. The van der Waals surface area contributed by atoms with Crippen molar-refractivity contribution in [3.05, 3.63) is 57.2 Å². The molecule has 1 aliphatic rings. The number of aryl methyl sites for hydroxylation is 1. The molecule has 146 valence electrons. The highest BCUT2D eigenvalue weighted by molar-refractivity contribution is 7.17. The minimum atomic E-state index is 0.0895. The largest absolute Gasteiger partial charge is 0.497 e. The van der Waals surface area contributed by atoms with Crippen molar-refractivity contribution in [3.8, 4) is 16.3 Å². The van der Waals surface area contributed by atoms with Gasteiger partial charge < -0.3 is 9.64 Å². The number of ether oxygens (including phenoxy) is 1. The van der Waals surface area contributed by atoms with Crippen LogP contribution in [-0.4, -0.2) is 28.9 Å². The van der Waals surface area contributed by atoms with Crippen LogP contribution >= 0.6 is 22.7 Å². The highest BCUT2D eigenvalue weighted by atomic mass is 32.1. The summed E-state index contributed by atoms with van der Waals surface area (Å²) in [7, 11) is 1.66. The fourth-order valence-electron chi connectivity index (χ4n) is 3.40. The fourth-order valence-corrected chi connectivity index (χ4v) is 5.13. The molecule has 0 aliphatic heterocycles. The minimum absolute atomic E-state index is 0.0895. The third-order valence-corrected chi connectivity index (χ3v) is 7.21. The first-order valence-corrected chi connectivity index (χ1v) is 11.3. The smallest absolute Gasteiger partial charge is 0.266 e. The number of benzene rings is 1. The number of carbonyl (C=O) groups is 1. The zero-order valence-corrected chi connectivity index (χ0v) is 18.0. The molecular weight excluding hydrogens is 388 g/mol. The highest BCUT2D eigenvalue weighted by Crippen LogP contribution is 2.37. The molecular formula is C22H24N2O2S2. The van der Waals surface area contributed by atoms with Crippen molar-refractivity contribution in [1.82, 2.24) is 9.88 Å². The van der Waals surface area contributed by atoms with Crippen molar-refractivity contribution in [2.75, 3.05) is 7.11 Å². The van der Waals surface area contributed by atoms with E-state index in [1.54, 1.807) is 18.4 Å². The maximum absolute atomic E-state index is 13.5. The number of hydrogen-bond donors (Lipinski definition) is 0. The summed E-state index contributed by atoms with van der Waals surface area (Å²) in [5.74, 6) is 1.52. The number of rotatable bonds is 7. The van der Waals surface area contributed by atoms with Crippen LogP contribution in [0, 0.1) is 12.8 Å². The van der Waals surface area contributed by atoms with Gasteiger partial charge in [-0.25, -0.2) is 4.98 Å². The Morgan fingerprint density at radius 3 is 2.64 bits per heavy atom. The molecule has 3 aromatic rings. The standard InChI is InChI=1S/C22H24N2O2S2/c1-14-20(28-21(23-14)18-10-11-27-13-18)22(25)24(15(2)17-6-7-17)12-16-4-8-19(26-3)9-5-16/h4-5,8-11,13,15,17H,6-7,12H2,1-3H3. The Kier molecular flexibility index (Phi) is 5.51. The van der Waals surface area contributed by atoms with Gasteiger partial charge in [0.1, 0.15) is 15.6 Å². The van der Waals surface area contributed by atoms with E-state index in [0.717, 1.165) is 32.5 Å². The Labute approximate surface area is 173 Å². The normalized spacial score (nSPS) is 14.7. The molecule has 6 heteroatoms. The molecule has 4 nitrogen and oxygen atoms in total. The summed E-state index contributed by atoms with van der Waals surface area (Å²) >= 11 is 3.15. The van der Waals surface area contributed by atoms with Crippen molar-refractivity contribution in [3.63, 3.8) is 0 Å². The van der Waals surface area contributed by atoms with Crippen molar-refractivity contribution in [2.24, 2.45) is 5.92 Å². The second-order valence-corrected chi connectivity index (χ2v) is 9.08. The Hall–Kier alpha value is -2.18. The highest BCUT2D eigenvalue weighted by Gasteiger charge is 2.35. The lowest BCUT2D eigenvalue weighted by Gasteiger charge is -2.29. The van der Waals surface area contributed by atoms with Crippen molar-refractivity contribution < 1.29 is 9.53 Å². The summed E-state index contributed by atoms with van der Waals surface area (Å²) in [5.41, 5.74) is 3.02. The van der Waals surface area contributed by atoms with E-state index in [4.69, 9.17) is 4.74 Å². The predicted molar refractivity (Wildman–Crippen MR) is 115 cm³/mol. The van der Waals surface area contributed by atoms with Gasteiger partial charge in [0.2, 0.25) is 0 Å². The topological polar surface area (TPSA) is 42.4 Å². The van der Waals surface area contributed by atoms with Gasteiger partial charge >= 0.3 is 0 Å². The molecule has 1 aliphatic carbocycles. The van der Waals surface area contributed by atoms with Crippen LogP contribution in [0.1, 0.15) is 40.7 Å². The van der Waals surface area contributed by atoms with E-state index in [2.05, 4.69) is 23.4 Å². The van der Waals surface area contributed by atoms with E-state index in [1.165, 1.54) is 24.2 Å². The lowest BCUT2D eigenvalue weighted by molar-refractivity contribution is 0.0658. The first-order valence-electron chi connectivity index (χ1n) is 9.50. The summed E-state index contributed by atoms with van der Waals surface area (Å²) in [4.78, 5) is 21.0. The van der Waals surface area contributed by atoms with Crippen LogP contribution in [0.4, 0.5) is 0 Å². The van der Waals surface area contributed by atoms with E-state index >= 15 is 0 Å². The average Bonchev–Trinajstić information content (AvgIpc) is 3.27. The van der Waals surface area contributed by atoms with Gasteiger partial charge in [0.15, 0.2) is 0 Å². The quantitative estimate of drug-likeness (QED) is 0.505. The molecule has 0 N–H and O–H groups in total. The molecule has 4 rings (SSSR count). The van der Waals surface area contributed by atoms with E-state index < -0.39 is 0 Å². The third kappa shape index (κ3) is 3.98. The molecule has 1 saturated carbocycles. The van der Waals surface area contributed by atoms with Gasteiger partial charge in [-0.3, -0.25) is 4.79 Å². The molecule has 1 fully saturated rings. The van der Waals surface area contributed by atoms with Crippen LogP contribution in [0.2, 0.25) is 0 Å². The van der Waals surface area contributed by atoms with E-state index in [1.807, 2.05) is 41.5 Å². The zero-order valence-electron chi connectivity index (χ0n) is 16.3. The van der Waals surface area contributed by atoms with Crippen LogP contribution in [0.25, 0.3) is 10.6 Å². The van der Waals surface area contributed by atoms with Crippen LogP contribution in [0.5, 0.6) is 5.75 Å². The number of hydrogen-bond acceptors (Lipinski definition) is 5. The first-order chi connectivity index (χ1) is 13.6. The molecule has 2 heterocycles. The molecule has 1 unspecified atom stereocenters. The van der Waals surface area contributed by atoms with Gasteiger partial charge in [-0.15, -0.1) is 11.3 Å². The second kappa shape index (κ2) is 8.05. The summed E-state index contributed by atoms with van der Waals surface area (Å²) in [6, 6.07) is 10.3. The SMILES string of the molecule is COc1ccc(CN(C(=O)c2sc(-c3ccsc3)nc2C)C(C)C2CC2)cc1. The van der Waals surface area contributed by atoms with Crippen LogP contribution in [-0.2, 0) is 6.54 Å². The fraction of sp³-hybridized carbons (Fsp3) is 0.364. The molecule has 0 radical (unpaired) electrons. The number of aromatic nitrogens is 1. The molecule has 0 saturated heterocycles. The molecule has 28 heavy (non-hydrogen) atoms. The monoisotopic (exact) mass is 412 g/mol. The van der Waals surface area contributed by atoms with Crippen LogP contribution in [0.15, 0.2) is 41.1 Å². The zero-order chi connectivity index (χ0) is 19.7. The summed E-state index contributed by atoms with van der Waals surface area (Å²) < 4.78 is 5.25. The second-order valence-electron chi connectivity index (χ2n) is 7.30. The molecule has 1 atom stereocenters. The van der Waals surface area contributed by atoms with Crippen molar-refractivity contribution in [1.29, 1.82) is 0 Å². The van der Waals surface area contributed by atoms with Crippen LogP contribution in [0.3, 0.4) is 0 Å². The van der Waals surface area contributed by atoms with Gasteiger partial charge in [-0.1, -0.05) is 12.1 Å². The maximum atomic E-state index is 13.5. The molecule has 1 amide bonds. The molecule has 1 aromatic carbocycles. The maximum Gasteiger partial charge on any atom is 0.266 e. The molecule has 0 spiro atoms. The van der Waals surface area contributed by atoms with Crippen molar-refractivity contribution in [2.45, 2.75) is 39.3 Å². The summed E-state index contributed by atoms with van der Waals surface area (Å²) in [6.07, 6.45) is 2.41. The number of thiophene rings is 1. The lowest BCUT2D eigenvalue weighted by atomic mass is 10.1. The van der Waals surface area contributed by atoms with E-state index in [9.17, 15) is 4.79 Å². The molecule has 0 bridgehead atoms. The Bertz CT molecular complexity index is 944. The summed E-state index contributed by atoms with van der Waals surface area (Å²) in [5, 5.41) is 5.04. The number of thiazole rings is 1. The third-order valence-electron chi connectivity index (χ3n) is 5.33. The van der Waals surface area contributed by atoms with E-state index in [0.29, 0.717) is 12.5 Å². The van der Waals surface area contributed by atoms with Gasteiger partial charge in [-0.05, 0) is 61.7 Å². The number of carbonyl (C=O) groups excluding carboxylic acids is 1. The number of methoxy groups -OCH3 is 1. The van der Waals surface area contributed by atoms with Gasteiger partial charge in [0, 0.05) is 23.5 Å². The predicted octanol–water partition coefficient (Wildman–Crippen LogP) is 5.63. The Morgan fingerprint density at radius 2 is 2.04 bits per heavy atom. The van der Waals surface area contributed by atoms with Gasteiger partial charge in [0.25, 0.3) is 5.91 Å². The first kappa shape index (κ1) is 19.2. The van der Waals surface area contributed by atoms with Crippen molar-refractivity contribution >= 4 is 28.6 Å². The number of nitrogens with zero attached hydrogens (tertiary/aromatic N) is 2. The average molecular weight is 413 g/mol.